The maximum Gasteiger partial charge on any atom is 0.264 e. The van der Waals surface area contributed by atoms with Crippen LogP contribution in [0.2, 0.25) is 0 Å². The van der Waals surface area contributed by atoms with Gasteiger partial charge >= 0.3 is 0 Å². The maximum absolute atomic E-state index is 14.0. The molecule has 3 aromatic rings. The lowest BCUT2D eigenvalue weighted by Gasteiger charge is -2.33. The van der Waals surface area contributed by atoms with Crippen molar-refractivity contribution in [3.05, 3.63) is 90.0 Å². The topological polar surface area (TPSA) is 96.0 Å². The Bertz CT molecular complexity index is 1410. The van der Waals surface area contributed by atoms with E-state index in [9.17, 15) is 18.0 Å². The van der Waals surface area contributed by atoms with Gasteiger partial charge < -0.3 is 15.0 Å². The van der Waals surface area contributed by atoms with Crippen molar-refractivity contribution >= 4 is 27.5 Å². The molecule has 0 aliphatic heterocycles. The molecule has 0 aromatic heterocycles. The summed E-state index contributed by atoms with van der Waals surface area (Å²) in [6.07, 6.45) is 0. The molecule has 1 unspecified atom stereocenters. The molecule has 41 heavy (non-hydrogen) atoms. The van der Waals surface area contributed by atoms with E-state index in [1.165, 1.54) is 17.0 Å². The number of carbonyl (C=O) groups is 2. The molecule has 0 aliphatic carbocycles. The second-order valence-electron chi connectivity index (χ2n) is 11.4. The normalized spacial score (nSPS) is 12.5. The fourth-order valence-corrected chi connectivity index (χ4v) is 5.69. The summed E-state index contributed by atoms with van der Waals surface area (Å²) in [6.45, 7) is 11.0. The molecule has 3 aromatic carbocycles. The van der Waals surface area contributed by atoms with Crippen molar-refractivity contribution < 1.29 is 22.7 Å². The standard InChI is InChI=1S/C32H41N3O5S/c1-23(2)26-15-17-27(18-16-26)35(41(38,39)29-11-9-8-10-12-29)22-30(36)34(24(3)31(37)33-32(4,5)6)21-25-13-19-28(40-7)20-14-25/h8-20,23-24H,21-22H2,1-7H3,(H,33,37). The van der Waals surface area contributed by atoms with Gasteiger partial charge in [0.05, 0.1) is 17.7 Å². The molecule has 0 heterocycles. The molecule has 8 nitrogen and oxygen atoms in total. The molecule has 0 fully saturated rings. The Morgan fingerprint density at radius 2 is 1.46 bits per heavy atom. The van der Waals surface area contributed by atoms with Crippen LogP contribution in [0.15, 0.2) is 83.8 Å². The molecule has 0 saturated heterocycles. The number of nitrogens with one attached hydrogen (secondary N) is 1. The maximum atomic E-state index is 14.0. The molecular formula is C32H41N3O5S. The average molecular weight is 580 g/mol. The fourth-order valence-electron chi connectivity index (χ4n) is 4.26. The Labute approximate surface area is 244 Å². The van der Waals surface area contributed by atoms with E-state index in [4.69, 9.17) is 4.74 Å². The van der Waals surface area contributed by atoms with Crippen molar-refractivity contribution in [2.75, 3.05) is 18.0 Å². The Morgan fingerprint density at radius 3 is 1.98 bits per heavy atom. The molecule has 0 aliphatic rings. The fraction of sp³-hybridized carbons (Fsp3) is 0.375. The van der Waals surface area contributed by atoms with Crippen LogP contribution in [0.4, 0.5) is 5.69 Å². The molecule has 1 atom stereocenters. The number of benzene rings is 3. The monoisotopic (exact) mass is 579 g/mol. The number of ether oxygens (including phenoxy) is 1. The van der Waals surface area contributed by atoms with E-state index in [0.29, 0.717) is 11.4 Å². The van der Waals surface area contributed by atoms with Crippen LogP contribution in [-0.4, -0.2) is 50.4 Å². The number of anilines is 1. The number of amides is 2. The van der Waals surface area contributed by atoms with Crippen LogP contribution in [0, 0.1) is 0 Å². The quantitative estimate of drug-likeness (QED) is 0.331. The highest BCUT2D eigenvalue weighted by Gasteiger charge is 2.33. The number of sulfonamides is 1. The first-order chi connectivity index (χ1) is 19.2. The van der Waals surface area contributed by atoms with Crippen LogP contribution in [-0.2, 0) is 26.2 Å². The van der Waals surface area contributed by atoms with Crippen molar-refractivity contribution in [1.29, 1.82) is 0 Å². The number of rotatable bonds is 11. The van der Waals surface area contributed by atoms with Crippen LogP contribution in [0.25, 0.3) is 0 Å². The molecule has 3 rings (SSSR count). The average Bonchev–Trinajstić information content (AvgIpc) is 2.94. The van der Waals surface area contributed by atoms with Gasteiger partial charge in [0.1, 0.15) is 18.3 Å². The zero-order valence-corrected chi connectivity index (χ0v) is 25.7. The van der Waals surface area contributed by atoms with E-state index in [2.05, 4.69) is 19.2 Å². The predicted octanol–water partition coefficient (Wildman–Crippen LogP) is 5.35. The van der Waals surface area contributed by atoms with Gasteiger partial charge in [-0.25, -0.2) is 8.42 Å². The minimum absolute atomic E-state index is 0.0703. The first-order valence-corrected chi connectivity index (χ1v) is 15.1. The van der Waals surface area contributed by atoms with E-state index in [0.717, 1.165) is 15.4 Å². The third-order valence-corrected chi connectivity index (χ3v) is 8.42. The molecule has 2 amide bonds. The minimum Gasteiger partial charge on any atom is -0.497 e. The Hall–Kier alpha value is -3.85. The highest BCUT2D eigenvalue weighted by atomic mass is 32.2. The van der Waals surface area contributed by atoms with Gasteiger partial charge in [0, 0.05) is 12.1 Å². The van der Waals surface area contributed by atoms with Crippen molar-refractivity contribution in [2.24, 2.45) is 0 Å². The highest BCUT2D eigenvalue weighted by Crippen LogP contribution is 2.27. The van der Waals surface area contributed by atoms with Gasteiger partial charge in [0.2, 0.25) is 11.8 Å². The summed E-state index contributed by atoms with van der Waals surface area (Å²) in [5, 5.41) is 2.93. The first-order valence-electron chi connectivity index (χ1n) is 13.6. The van der Waals surface area contributed by atoms with Crippen LogP contribution >= 0.6 is 0 Å². The molecule has 0 bridgehead atoms. The lowest BCUT2D eigenvalue weighted by Crippen LogP contribution is -2.54. The second-order valence-corrected chi connectivity index (χ2v) is 13.2. The predicted molar refractivity (Wildman–Crippen MR) is 162 cm³/mol. The molecule has 0 radical (unpaired) electrons. The van der Waals surface area contributed by atoms with E-state index in [1.54, 1.807) is 56.5 Å². The highest BCUT2D eigenvalue weighted by molar-refractivity contribution is 7.92. The van der Waals surface area contributed by atoms with Crippen molar-refractivity contribution in [3.63, 3.8) is 0 Å². The van der Waals surface area contributed by atoms with Gasteiger partial charge in [0.25, 0.3) is 10.0 Å². The lowest BCUT2D eigenvalue weighted by atomic mass is 10.0. The Balaban J connectivity index is 2.03. The molecule has 0 spiro atoms. The number of nitrogens with zero attached hydrogens (tertiary/aromatic N) is 2. The Kier molecular flexibility index (Phi) is 10.2. The summed E-state index contributed by atoms with van der Waals surface area (Å²) in [6, 6.07) is 21.5. The molecule has 0 saturated carbocycles. The summed E-state index contributed by atoms with van der Waals surface area (Å²) < 4.78 is 34.1. The molecule has 9 heteroatoms. The number of carbonyl (C=O) groups excluding carboxylic acids is 2. The minimum atomic E-state index is -4.10. The molecule has 1 N–H and O–H groups in total. The first kappa shape index (κ1) is 31.7. The largest absolute Gasteiger partial charge is 0.497 e. The number of hydrogen-bond acceptors (Lipinski definition) is 5. The zero-order valence-electron chi connectivity index (χ0n) is 24.9. The van der Waals surface area contributed by atoms with Gasteiger partial charge in [-0.15, -0.1) is 0 Å². The summed E-state index contributed by atoms with van der Waals surface area (Å²) in [7, 11) is -2.54. The summed E-state index contributed by atoms with van der Waals surface area (Å²) in [5.41, 5.74) is 1.67. The summed E-state index contributed by atoms with van der Waals surface area (Å²) >= 11 is 0. The van der Waals surface area contributed by atoms with Crippen molar-refractivity contribution in [2.45, 2.75) is 70.5 Å². The smallest absolute Gasteiger partial charge is 0.264 e. The van der Waals surface area contributed by atoms with Gasteiger partial charge in [0.15, 0.2) is 0 Å². The number of hydrogen-bond donors (Lipinski definition) is 1. The van der Waals surface area contributed by atoms with Crippen LogP contribution in [0.3, 0.4) is 0 Å². The van der Waals surface area contributed by atoms with E-state index < -0.39 is 34.1 Å². The van der Waals surface area contributed by atoms with E-state index >= 15 is 0 Å². The Morgan fingerprint density at radius 1 is 0.878 bits per heavy atom. The van der Waals surface area contributed by atoms with Gasteiger partial charge in [-0.3, -0.25) is 13.9 Å². The van der Waals surface area contributed by atoms with Crippen LogP contribution < -0.4 is 14.4 Å². The lowest BCUT2D eigenvalue weighted by molar-refractivity contribution is -0.140. The van der Waals surface area contributed by atoms with Crippen molar-refractivity contribution in [1.82, 2.24) is 10.2 Å². The van der Waals surface area contributed by atoms with Crippen LogP contribution in [0.1, 0.15) is 58.6 Å². The SMILES string of the molecule is COc1ccc(CN(C(=O)CN(c2ccc(C(C)C)cc2)S(=O)(=O)c2ccccc2)C(C)C(=O)NC(C)(C)C)cc1. The van der Waals surface area contributed by atoms with Gasteiger partial charge in [-0.05, 0) is 81.1 Å². The second kappa shape index (κ2) is 13.2. The summed E-state index contributed by atoms with van der Waals surface area (Å²) in [4.78, 5) is 28.7. The van der Waals surface area contributed by atoms with Gasteiger partial charge in [-0.1, -0.05) is 56.3 Å². The number of methoxy groups -OCH3 is 1. The third-order valence-electron chi connectivity index (χ3n) is 6.64. The van der Waals surface area contributed by atoms with Crippen LogP contribution in [0.5, 0.6) is 5.75 Å². The van der Waals surface area contributed by atoms with E-state index in [-0.39, 0.29) is 23.3 Å². The van der Waals surface area contributed by atoms with Crippen molar-refractivity contribution in [3.8, 4) is 5.75 Å². The molecular weight excluding hydrogens is 538 g/mol. The van der Waals surface area contributed by atoms with Gasteiger partial charge in [-0.2, -0.15) is 0 Å². The zero-order chi connectivity index (χ0) is 30.4. The third kappa shape index (κ3) is 8.33. The molecule has 220 valence electrons. The summed E-state index contributed by atoms with van der Waals surface area (Å²) in [5.74, 6) is 0.0742. The van der Waals surface area contributed by atoms with E-state index in [1.807, 2.05) is 45.0 Å².